The average molecular weight is 468 g/mol. The summed E-state index contributed by atoms with van der Waals surface area (Å²) < 4.78 is 5.19. The number of ether oxygens (including phenoxy) is 1. The summed E-state index contributed by atoms with van der Waals surface area (Å²) in [4.78, 5) is 33.1. The van der Waals surface area contributed by atoms with Crippen molar-refractivity contribution in [3.63, 3.8) is 0 Å². The molecule has 4 rings (SSSR count). The molecule has 0 radical (unpaired) electrons. The van der Waals surface area contributed by atoms with E-state index >= 15 is 0 Å². The van der Waals surface area contributed by atoms with Gasteiger partial charge in [0.2, 0.25) is 5.91 Å². The predicted octanol–water partition coefficient (Wildman–Crippen LogP) is 3.78. The SMILES string of the molecule is COCCN1C(=O)C(C(c2ccccc2Cl)N2CCN(c3ccccc3)CC2)C(=O)C=C1C. The van der Waals surface area contributed by atoms with Crippen molar-refractivity contribution in [3.05, 3.63) is 77.0 Å². The Morgan fingerprint density at radius 2 is 1.67 bits per heavy atom. The molecule has 6 nitrogen and oxygen atoms in total. The number of piperazine rings is 1. The van der Waals surface area contributed by atoms with E-state index in [0.29, 0.717) is 23.9 Å². The van der Waals surface area contributed by atoms with Crippen LogP contribution in [0.2, 0.25) is 5.02 Å². The van der Waals surface area contributed by atoms with Gasteiger partial charge in [0.15, 0.2) is 5.78 Å². The van der Waals surface area contributed by atoms with Gasteiger partial charge in [-0.3, -0.25) is 14.5 Å². The van der Waals surface area contributed by atoms with Crippen LogP contribution in [-0.4, -0.2) is 67.9 Å². The molecule has 2 heterocycles. The molecule has 1 saturated heterocycles. The van der Waals surface area contributed by atoms with Crippen LogP contribution >= 0.6 is 11.6 Å². The second-order valence-corrected chi connectivity index (χ2v) is 8.88. The summed E-state index contributed by atoms with van der Waals surface area (Å²) in [6.07, 6.45) is 1.59. The number of hydrogen-bond donors (Lipinski definition) is 0. The van der Waals surface area contributed by atoms with Crippen LogP contribution in [0.3, 0.4) is 0 Å². The Morgan fingerprint density at radius 1 is 1.00 bits per heavy atom. The highest BCUT2D eigenvalue weighted by molar-refractivity contribution is 6.31. The fourth-order valence-corrected chi connectivity index (χ4v) is 5.04. The Morgan fingerprint density at radius 3 is 2.33 bits per heavy atom. The average Bonchev–Trinajstić information content (AvgIpc) is 2.83. The third kappa shape index (κ3) is 4.98. The molecule has 0 aliphatic carbocycles. The van der Waals surface area contributed by atoms with Crippen LogP contribution in [0.4, 0.5) is 5.69 Å². The molecule has 2 atom stereocenters. The maximum Gasteiger partial charge on any atom is 0.239 e. The highest BCUT2D eigenvalue weighted by Gasteiger charge is 2.44. The highest BCUT2D eigenvalue weighted by atomic mass is 35.5. The van der Waals surface area contributed by atoms with Gasteiger partial charge in [-0.2, -0.15) is 0 Å². The van der Waals surface area contributed by atoms with Crippen LogP contribution in [0.15, 0.2) is 66.4 Å². The fraction of sp³-hybridized carbons (Fsp3) is 0.385. The van der Waals surface area contributed by atoms with Crippen molar-refractivity contribution in [2.75, 3.05) is 51.3 Å². The monoisotopic (exact) mass is 467 g/mol. The molecule has 7 heteroatoms. The number of rotatable bonds is 7. The van der Waals surface area contributed by atoms with Crippen molar-refractivity contribution >= 4 is 29.0 Å². The molecular formula is C26H30ClN3O3. The number of carbonyl (C=O) groups is 2. The van der Waals surface area contributed by atoms with E-state index in [2.05, 4.69) is 21.9 Å². The number of halogens is 1. The lowest BCUT2D eigenvalue weighted by molar-refractivity contribution is -0.143. The summed E-state index contributed by atoms with van der Waals surface area (Å²) in [5.74, 6) is -1.19. The van der Waals surface area contributed by atoms with Gasteiger partial charge >= 0.3 is 0 Å². The fourth-order valence-electron chi connectivity index (χ4n) is 4.80. The van der Waals surface area contributed by atoms with Gasteiger partial charge in [0.25, 0.3) is 0 Å². The molecule has 33 heavy (non-hydrogen) atoms. The Kier molecular flexibility index (Phi) is 7.48. The molecule has 2 aliphatic heterocycles. The summed E-state index contributed by atoms with van der Waals surface area (Å²) in [6, 6.07) is 17.4. The number of hydrogen-bond acceptors (Lipinski definition) is 5. The maximum absolute atomic E-state index is 13.6. The third-order valence-electron chi connectivity index (χ3n) is 6.50. The van der Waals surface area contributed by atoms with E-state index in [1.807, 2.05) is 42.5 Å². The van der Waals surface area contributed by atoms with Gasteiger partial charge in [-0.05, 0) is 30.7 Å². The van der Waals surface area contributed by atoms with Gasteiger partial charge in [-0.25, -0.2) is 0 Å². The number of amides is 1. The van der Waals surface area contributed by atoms with Crippen LogP contribution in [0, 0.1) is 5.92 Å². The van der Waals surface area contributed by atoms with Crippen LogP contribution in [0.5, 0.6) is 0 Å². The lowest BCUT2D eigenvalue weighted by atomic mass is 9.84. The van der Waals surface area contributed by atoms with Crippen molar-refractivity contribution in [2.24, 2.45) is 5.92 Å². The van der Waals surface area contributed by atoms with Gasteiger partial charge < -0.3 is 14.5 Å². The molecule has 174 valence electrons. The van der Waals surface area contributed by atoms with E-state index in [-0.39, 0.29) is 11.7 Å². The number of ketones is 1. The summed E-state index contributed by atoms with van der Waals surface area (Å²) in [5.41, 5.74) is 2.66. The molecular weight excluding hydrogens is 438 g/mol. The van der Waals surface area contributed by atoms with E-state index in [1.54, 1.807) is 25.0 Å². The summed E-state index contributed by atoms with van der Waals surface area (Å²) in [5, 5.41) is 0.573. The van der Waals surface area contributed by atoms with Crippen LogP contribution in [0.25, 0.3) is 0 Å². The number of allylic oxidation sites excluding steroid dienone is 2. The molecule has 0 spiro atoms. The van der Waals surface area contributed by atoms with Crippen molar-refractivity contribution in [1.29, 1.82) is 0 Å². The molecule has 2 aliphatic rings. The first kappa shape index (κ1) is 23.5. The zero-order chi connectivity index (χ0) is 23.4. The molecule has 2 unspecified atom stereocenters. The van der Waals surface area contributed by atoms with E-state index in [9.17, 15) is 9.59 Å². The third-order valence-corrected chi connectivity index (χ3v) is 6.85. The lowest BCUT2D eigenvalue weighted by Crippen LogP contribution is -2.54. The molecule has 1 amide bonds. The van der Waals surface area contributed by atoms with E-state index in [1.165, 1.54) is 5.69 Å². The van der Waals surface area contributed by atoms with Crippen LogP contribution < -0.4 is 4.90 Å². The number of methoxy groups -OCH3 is 1. The first-order valence-electron chi connectivity index (χ1n) is 11.3. The largest absolute Gasteiger partial charge is 0.383 e. The van der Waals surface area contributed by atoms with E-state index in [0.717, 1.165) is 31.7 Å². The van der Waals surface area contributed by atoms with Crippen LogP contribution in [-0.2, 0) is 14.3 Å². The molecule has 0 N–H and O–H groups in total. The zero-order valence-electron chi connectivity index (χ0n) is 19.1. The topological polar surface area (TPSA) is 53.1 Å². The first-order chi connectivity index (χ1) is 16.0. The Labute approximate surface area is 200 Å². The van der Waals surface area contributed by atoms with Gasteiger partial charge in [0.1, 0.15) is 5.92 Å². The smallest absolute Gasteiger partial charge is 0.239 e. The summed E-state index contributed by atoms with van der Waals surface area (Å²) >= 11 is 6.62. The minimum Gasteiger partial charge on any atom is -0.383 e. The number of para-hydroxylation sites is 1. The van der Waals surface area contributed by atoms with Crippen molar-refractivity contribution in [3.8, 4) is 0 Å². The molecule has 0 saturated carbocycles. The quantitative estimate of drug-likeness (QED) is 0.580. The summed E-state index contributed by atoms with van der Waals surface area (Å²) in [7, 11) is 1.61. The second kappa shape index (κ2) is 10.5. The minimum absolute atomic E-state index is 0.165. The number of carbonyl (C=O) groups excluding carboxylic acids is 2. The first-order valence-corrected chi connectivity index (χ1v) is 11.7. The molecule has 1 fully saturated rings. The van der Waals surface area contributed by atoms with Crippen molar-refractivity contribution < 1.29 is 14.3 Å². The van der Waals surface area contributed by atoms with E-state index < -0.39 is 12.0 Å². The lowest BCUT2D eigenvalue weighted by Gasteiger charge is -2.44. The Bertz CT molecular complexity index is 1020. The Balaban J connectivity index is 1.65. The number of anilines is 1. The minimum atomic E-state index is -0.839. The van der Waals surface area contributed by atoms with Gasteiger partial charge in [-0.1, -0.05) is 48.0 Å². The van der Waals surface area contributed by atoms with Gasteiger partial charge in [0.05, 0.1) is 12.6 Å². The second-order valence-electron chi connectivity index (χ2n) is 8.47. The number of nitrogens with zero attached hydrogens (tertiary/aromatic N) is 3. The van der Waals surface area contributed by atoms with E-state index in [4.69, 9.17) is 16.3 Å². The molecule has 2 aromatic rings. The summed E-state index contributed by atoms with van der Waals surface area (Å²) in [6.45, 7) is 5.68. The predicted molar refractivity (Wildman–Crippen MR) is 130 cm³/mol. The van der Waals surface area contributed by atoms with Crippen molar-refractivity contribution in [1.82, 2.24) is 9.80 Å². The Hall–Kier alpha value is -2.67. The molecule has 2 aromatic carbocycles. The molecule has 0 bridgehead atoms. The normalized spacial score (nSPS) is 20.7. The van der Waals surface area contributed by atoms with Gasteiger partial charge in [0, 0.05) is 62.3 Å². The maximum atomic E-state index is 13.6. The number of benzene rings is 2. The standard InChI is InChI=1S/C26H30ClN3O3/c1-19-18-23(31)24(26(32)30(19)16-17-33-2)25(21-10-6-7-11-22(21)27)29-14-12-28(13-15-29)20-8-4-3-5-9-20/h3-11,18,24-25H,12-17H2,1-2H3. The highest BCUT2D eigenvalue weighted by Crippen LogP contribution is 2.38. The van der Waals surface area contributed by atoms with Gasteiger partial charge in [-0.15, -0.1) is 0 Å². The zero-order valence-corrected chi connectivity index (χ0v) is 19.9. The molecule has 0 aromatic heterocycles. The van der Waals surface area contributed by atoms with Crippen LogP contribution in [0.1, 0.15) is 18.5 Å². The van der Waals surface area contributed by atoms with Crippen molar-refractivity contribution in [2.45, 2.75) is 13.0 Å².